The van der Waals surface area contributed by atoms with Gasteiger partial charge in [0.1, 0.15) is 12.4 Å². The van der Waals surface area contributed by atoms with E-state index < -0.39 is 0 Å². The first-order valence-electron chi connectivity index (χ1n) is 9.70. The Morgan fingerprint density at radius 3 is 2.19 bits per heavy atom. The summed E-state index contributed by atoms with van der Waals surface area (Å²) in [5.41, 5.74) is 6.36. The number of nitrogens with one attached hydrogen (secondary N) is 1. The van der Waals surface area contributed by atoms with Crippen LogP contribution in [0.3, 0.4) is 0 Å². The molecular formula is C25H31NO. The van der Waals surface area contributed by atoms with Crippen LogP contribution in [0.1, 0.15) is 38.3 Å². The monoisotopic (exact) mass is 361 g/mol. The molecule has 0 aliphatic rings. The summed E-state index contributed by atoms with van der Waals surface area (Å²) < 4.78 is 5.78. The average Bonchev–Trinajstić information content (AvgIpc) is 2.72. The van der Waals surface area contributed by atoms with Crippen molar-refractivity contribution in [3.05, 3.63) is 95.1 Å². The predicted octanol–water partition coefficient (Wildman–Crippen LogP) is 6.02. The molecule has 2 rings (SSSR count). The molecule has 0 saturated carbocycles. The molecule has 0 bridgehead atoms. The van der Waals surface area contributed by atoms with Gasteiger partial charge in [0.05, 0.1) is 0 Å². The SMILES string of the molecule is C\C=C/C(=C\C)C(/CC)=C(/c1ccccc1)c1ccc(OCCNC)cc1. The molecule has 1 N–H and O–H groups in total. The predicted molar refractivity (Wildman–Crippen MR) is 117 cm³/mol. The van der Waals surface area contributed by atoms with E-state index in [2.05, 4.69) is 98.9 Å². The zero-order chi connectivity index (χ0) is 19.5. The second-order valence-corrected chi connectivity index (χ2v) is 6.29. The average molecular weight is 362 g/mol. The van der Waals surface area contributed by atoms with Crippen molar-refractivity contribution in [2.45, 2.75) is 27.2 Å². The van der Waals surface area contributed by atoms with Crippen LogP contribution in [0.25, 0.3) is 5.57 Å². The van der Waals surface area contributed by atoms with Gasteiger partial charge in [0.15, 0.2) is 0 Å². The standard InChI is InChI=1S/C25H31NO/c1-5-11-20(6-2)24(7-3)25(21-12-9-8-10-13-21)22-14-16-23(17-15-22)27-19-18-26-4/h5-6,8-17,26H,7,18-19H2,1-4H3/b11-5-,20-6+,25-24-. The molecule has 0 radical (unpaired) electrons. The Balaban J connectivity index is 2.52. The molecule has 2 aromatic rings. The molecule has 2 aromatic carbocycles. The number of likely N-dealkylation sites (N-methyl/N-ethyl adjacent to an activating group) is 1. The minimum absolute atomic E-state index is 0.668. The number of rotatable bonds is 9. The van der Waals surface area contributed by atoms with Crippen molar-refractivity contribution in [2.24, 2.45) is 0 Å². The summed E-state index contributed by atoms with van der Waals surface area (Å²) in [6, 6.07) is 19.1. The van der Waals surface area contributed by atoms with E-state index >= 15 is 0 Å². The quantitative estimate of drug-likeness (QED) is 0.435. The fraction of sp³-hybridized carbons (Fsp3) is 0.280. The second-order valence-electron chi connectivity index (χ2n) is 6.29. The lowest BCUT2D eigenvalue weighted by Crippen LogP contribution is -2.15. The van der Waals surface area contributed by atoms with Crippen LogP contribution in [0.5, 0.6) is 5.75 Å². The number of hydrogen-bond acceptors (Lipinski definition) is 2. The molecule has 0 amide bonds. The molecule has 27 heavy (non-hydrogen) atoms. The van der Waals surface area contributed by atoms with Gasteiger partial charge in [0.25, 0.3) is 0 Å². The molecule has 2 nitrogen and oxygen atoms in total. The Hall–Kier alpha value is -2.58. The van der Waals surface area contributed by atoms with Gasteiger partial charge in [-0.15, -0.1) is 0 Å². The van der Waals surface area contributed by atoms with Crippen LogP contribution in [-0.4, -0.2) is 20.2 Å². The molecule has 142 valence electrons. The van der Waals surface area contributed by atoms with Gasteiger partial charge in [0.2, 0.25) is 0 Å². The normalized spacial score (nSPS) is 13.0. The first-order valence-corrected chi connectivity index (χ1v) is 9.70. The van der Waals surface area contributed by atoms with Crippen LogP contribution in [0.2, 0.25) is 0 Å². The van der Waals surface area contributed by atoms with Crippen LogP contribution in [0.15, 0.2) is 84.0 Å². The minimum atomic E-state index is 0.668. The summed E-state index contributed by atoms with van der Waals surface area (Å²) in [5, 5.41) is 3.10. The van der Waals surface area contributed by atoms with Crippen molar-refractivity contribution in [1.29, 1.82) is 0 Å². The lowest BCUT2D eigenvalue weighted by molar-refractivity contribution is 0.318. The van der Waals surface area contributed by atoms with Gasteiger partial charge < -0.3 is 10.1 Å². The van der Waals surface area contributed by atoms with Gasteiger partial charge in [-0.1, -0.05) is 67.6 Å². The van der Waals surface area contributed by atoms with Crippen molar-refractivity contribution < 1.29 is 4.74 Å². The Kier molecular flexibility index (Phi) is 8.60. The van der Waals surface area contributed by atoms with Gasteiger partial charge in [0, 0.05) is 6.54 Å². The van der Waals surface area contributed by atoms with E-state index in [-0.39, 0.29) is 0 Å². The highest BCUT2D eigenvalue weighted by molar-refractivity contribution is 5.85. The first kappa shape index (κ1) is 20.7. The molecule has 0 aliphatic heterocycles. The zero-order valence-corrected chi connectivity index (χ0v) is 17.0. The van der Waals surface area contributed by atoms with Gasteiger partial charge in [-0.2, -0.15) is 0 Å². The summed E-state index contributed by atoms with van der Waals surface area (Å²) in [7, 11) is 1.93. The largest absolute Gasteiger partial charge is 0.492 e. The summed E-state index contributed by atoms with van der Waals surface area (Å²) in [6.07, 6.45) is 7.45. The molecule has 0 aromatic heterocycles. The maximum absolute atomic E-state index is 5.78. The molecule has 0 aliphatic carbocycles. The van der Waals surface area contributed by atoms with E-state index in [1.165, 1.54) is 27.8 Å². The van der Waals surface area contributed by atoms with Gasteiger partial charge in [-0.05, 0) is 67.3 Å². The molecule has 2 heteroatoms. The molecule has 0 fully saturated rings. The highest BCUT2D eigenvalue weighted by atomic mass is 16.5. The highest BCUT2D eigenvalue weighted by Crippen LogP contribution is 2.33. The van der Waals surface area contributed by atoms with Crippen LogP contribution in [0, 0.1) is 0 Å². The Morgan fingerprint density at radius 1 is 0.963 bits per heavy atom. The maximum atomic E-state index is 5.78. The topological polar surface area (TPSA) is 21.3 Å². The van der Waals surface area contributed by atoms with Crippen molar-refractivity contribution in [2.75, 3.05) is 20.2 Å². The van der Waals surface area contributed by atoms with E-state index in [9.17, 15) is 0 Å². The third kappa shape index (κ3) is 5.70. The maximum Gasteiger partial charge on any atom is 0.119 e. The molecule has 0 saturated heterocycles. The lowest BCUT2D eigenvalue weighted by Gasteiger charge is -2.17. The van der Waals surface area contributed by atoms with Crippen molar-refractivity contribution >= 4 is 5.57 Å². The van der Waals surface area contributed by atoms with E-state index in [1.54, 1.807) is 0 Å². The second kappa shape index (κ2) is 11.2. The third-order valence-electron chi connectivity index (χ3n) is 4.49. The zero-order valence-electron chi connectivity index (χ0n) is 17.0. The van der Waals surface area contributed by atoms with Gasteiger partial charge in [-0.25, -0.2) is 0 Å². The molecular weight excluding hydrogens is 330 g/mol. The first-order chi connectivity index (χ1) is 13.2. The highest BCUT2D eigenvalue weighted by Gasteiger charge is 2.13. The number of allylic oxidation sites excluding steroid dienone is 5. The molecule has 0 heterocycles. The number of ether oxygens (including phenoxy) is 1. The number of hydrogen-bond donors (Lipinski definition) is 1. The van der Waals surface area contributed by atoms with Gasteiger partial charge >= 0.3 is 0 Å². The van der Waals surface area contributed by atoms with Crippen LogP contribution < -0.4 is 10.1 Å². The van der Waals surface area contributed by atoms with Crippen LogP contribution >= 0.6 is 0 Å². The van der Waals surface area contributed by atoms with Crippen LogP contribution in [-0.2, 0) is 0 Å². The third-order valence-corrected chi connectivity index (χ3v) is 4.49. The van der Waals surface area contributed by atoms with E-state index in [4.69, 9.17) is 4.74 Å². The molecule has 0 unspecified atom stereocenters. The minimum Gasteiger partial charge on any atom is -0.492 e. The van der Waals surface area contributed by atoms with E-state index in [1.807, 2.05) is 7.05 Å². The van der Waals surface area contributed by atoms with E-state index in [0.717, 1.165) is 18.7 Å². The van der Waals surface area contributed by atoms with Gasteiger partial charge in [-0.3, -0.25) is 0 Å². The molecule has 0 atom stereocenters. The Labute approximate surface area is 164 Å². The summed E-state index contributed by atoms with van der Waals surface area (Å²) in [5.74, 6) is 0.902. The van der Waals surface area contributed by atoms with E-state index in [0.29, 0.717) is 6.61 Å². The Bertz CT molecular complexity index is 783. The van der Waals surface area contributed by atoms with Crippen molar-refractivity contribution in [1.82, 2.24) is 5.32 Å². The summed E-state index contributed by atoms with van der Waals surface area (Å²) in [4.78, 5) is 0. The number of benzene rings is 2. The fourth-order valence-electron chi connectivity index (χ4n) is 3.18. The van der Waals surface area contributed by atoms with Crippen molar-refractivity contribution in [3.63, 3.8) is 0 Å². The summed E-state index contributed by atoms with van der Waals surface area (Å²) in [6.45, 7) is 7.90. The smallest absolute Gasteiger partial charge is 0.119 e. The Morgan fingerprint density at radius 2 is 1.63 bits per heavy atom. The molecule has 0 spiro atoms. The summed E-state index contributed by atoms with van der Waals surface area (Å²) >= 11 is 0. The van der Waals surface area contributed by atoms with Crippen LogP contribution in [0.4, 0.5) is 0 Å². The fourth-order valence-corrected chi connectivity index (χ4v) is 3.18. The lowest BCUT2D eigenvalue weighted by atomic mass is 9.88. The van der Waals surface area contributed by atoms with Crippen molar-refractivity contribution in [3.8, 4) is 5.75 Å².